The van der Waals surface area contributed by atoms with Crippen LogP contribution in [-0.2, 0) is 19.6 Å². The first kappa shape index (κ1) is 18.9. The summed E-state index contributed by atoms with van der Waals surface area (Å²) >= 11 is 0. The van der Waals surface area contributed by atoms with Gasteiger partial charge in [0, 0.05) is 5.69 Å². The van der Waals surface area contributed by atoms with Crippen LogP contribution in [-0.4, -0.2) is 33.6 Å². The number of rotatable bonds is 6. The van der Waals surface area contributed by atoms with Gasteiger partial charge in [0.1, 0.15) is 6.04 Å². The maximum atomic E-state index is 12.0. The van der Waals surface area contributed by atoms with E-state index in [-0.39, 0.29) is 10.8 Å². The van der Waals surface area contributed by atoms with E-state index in [0.29, 0.717) is 12.1 Å². The number of carbonyl (C=O) groups is 2. The molecule has 0 saturated heterocycles. The first-order chi connectivity index (χ1) is 10.7. The third-order valence-electron chi connectivity index (χ3n) is 3.40. The van der Waals surface area contributed by atoms with Crippen LogP contribution in [0, 0.1) is 5.92 Å². The Kier molecular flexibility index (Phi) is 6.52. The first-order valence-electron chi connectivity index (χ1n) is 6.97. The molecule has 23 heavy (non-hydrogen) atoms. The molecule has 2 unspecified atom stereocenters. The second-order valence-electron chi connectivity index (χ2n) is 5.05. The fourth-order valence-electron chi connectivity index (χ4n) is 1.83. The van der Waals surface area contributed by atoms with Crippen LogP contribution < -0.4 is 15.8 Å². The van der Waals surface area contributed by atoms with Gasteiger partial charge in [0.05, 0.1) is 12.0 Å². The van der Waals surface area contributed by atoms with Crippen LogP contribution in [0.15, 0.2) is 29.2 Å². The van der Waals surface area contributed by atoms with Crippen molar-refractivity contribution in [2.45, 2.75) is 31.2 Å². The lowest BCUT2D eigenvalue weighted by molar-refractivity contribution is -0.144. The van der Waals surface area contributed by atoms with E-state index in [9.17, 15) is 18.0 Å². The predicted octanol–water partition coefficient (Wildman–Crippen LogP) is 1.04. The number of esters is 1. The summed E-state index contributed by atoms with van der Waals surface area (Å²) in [6, 6.07) is 3.98. The molecular weight excluding hydrogens is 322 g/mol. The molecule has 0 bridgehead atoms. The van der Waals surface area contributed by atoms with Gasteiger partial charge < -0.3 is 15.4 Å². The number of hydrogen-bond acceptors (Lipinski definition) is 5. The molecule has 0 saturated carbocycles. The van der Waals surface area contributed by atoms with Crippen molar-refractivity contribution in [1.82, 2.24) is 5.32 Å². The fraction of sp³-hybridized carbons (Fsp3) is 0.429. The van der Waals surface area contributed by atoms with E-state index >= 15 is 0 Å². The van der Waals surface area contributed by atoms with Gasteiger partial charge in [-0.2, -0.15) is 0 Å². The topological polar surface area (TPSA) is 128 Å². The van der Waals surface area contributed by atoms with E-state index in [0.717, 1.165) is 0 Å². The third-order valence-corrected chi connectivity index (χ3v) is 4.32. The zero-order valence-corrected chi connectivity index (χ0v) is 14.0. The molecule has 4 N–H and O–H groups in total. The molecule has 1 rings (SSSR count). The van der Waals surface area contributed by atoms with Gasteiger partial charge in [-0.05, 0) is 30.2 Å². The molecule has 128 valence electrons. The van der Waals surface area contributed by atoms with Crippen LogP contribution in [0.25, 0.3) is 0 Å². The van der Waals surface area contributed by atoms with Crippen molar-refractivity contribution in [2.75, 3.05) is 12.4 Å². The van der Waals surface area contributed by atoms with E-state index in [1.54, 1.807) is 0 Å². The summed E-state index contributed by atoms with van der Waals surface area (Å²) in [4.78, 5) is 23.6. The Morgan fingerprint density at radius 1 is 1.26 bits per heavy atom. The van der Waals surface area contributed by atoms with Gasteiger partial charge >= 0.3 is 12.0 Å². The number of urea groups is 1. The molecule has 0 aliphatic heterocycles. The van der Waals surface area contributed by atoms with E-state index in [2.05, 4.69) is 15.4 Å². The van der Waals surface area contributed by atoms with Gasteiger partial charge in [-0.15, -0.1) is 0 Å². The number of amides is 2. The lowest BCUT2D eigenvalue weighted by Crippen LogP contribution is -2.47. The van der Waals surface area contributed by atoms with Crippen LogP contribution in [0.5, 0.6) is 0 Å². The molecule has 0 aliphatic rings. The SMILES string of the molecule is CCC(C)C(NC(=O)Nc1ccc(S(N)(=O)=O)cc1)C(=O)OC. The number of hydrogen-bond donors (Lipinski definition) is 3. The Morgan fingerprint density at radius 2 is 1.83 bits per heavy atom. The van der Waals surface area contributed by atoms with Gasteiger partial charge in [0.15, 0.2) is 0 Å². The van der Waals surface area contributed by atoms with Crippen LogP contribution in [0.3, 0.4) is 0 Å². The minimum absolute atomic E-state index is 0.0597. The maximum absolute atomic E-state index is 12.0. The van der Waals surface area contributed by atoms with Crippen molar-refractivity contribution in [3.05, 3.63) is 24.3 Å². The zero-order chi connectivity index (χ0) is 17.6. The largest absolute Gasteiger partial charge is 0.467 e. The molecule has 0 radical (unpaired) electrons. The Labute approximate surface area is 135 Å². The number of carbonyl (C=O) groups excluding carboxylic acids is 2. The number of nitrogens with two attached hydrogens (primary N) is 1. The Bertz CT molecular complexity index is 657. The number of methoxy groups -OCH3 is 1. The van der Waals surface area contributed by atoms with E-state index in [1.165, 1.54) is 31.4 Å². The number of ether oxygens (including phenoxy) is 1. The fourth-order valence-corrected chi connectivity index (χ4v) is 2.35. The van der Waals surface area contributed by atoms with E-state index < -0.39 is 28.1 Å². The summed E-state index contributed by atoms with van der Waals surface area (Å²) in [6.45, 7) is 3.72. The highest BCUT2D eigenvalue weighted by Gasteiger charge is 2.26. The molecule has 1 aromatic carbocycles. The molecule has 0 aliphatic carbocycles. The summed E-state index contributed by atoms with van der Waals surface area (Å²) in [5.74, 6) is -0.628. The van der Waals surface area contributed by atoms with Crippen molar-refractivity contribution < 1.29 is 22.7 Å². The molecule has 0 spiro atoms. The van der Waals surface area contributed by atoms with Gasteiger partial charge in [-0.3, -0.25) is 0 Å². The number of anilines is 1. The Hall–Kier alpha value is -2.13. The standard InChI is InChI=1S/C14H21N3O5S/c1-4-9(2)12(13(18)22-3)17-14(19)16-10-5-7-11(8-6-10)23(15,20)21/h5-9,12H,4H2,1-3H3,(H2,15,20,21)(H2,16,17,19). The smallest absolute Gasteiger partial charge is 0.328 e. The normalized spacial score (nSPS) is 13.7. The van der Waals surface area contributed by atoms with Crippen molar-refractivity contribution >= 4 is 27.7 Å². The molecule has 9 heteroatoms. The Balaban J connectivity index is 2.76. The third kappa shape index (κ3) is 5.53. The van der Waals surface area contributed by atoms with Crippen molar-refractivity contribution in [2.24, 2.45) is 11.1 Å². The molecule has 0 aromatic heterocycles. The zero-order valence-electron chi connectivity index (χ0n) is 13.2. The molecule has 2 amide bonds. The second kappa shape index (κ2) is 7.93. The van der Waals surface area contributed by atoms with Gasteiger partial charge in [0.2, 0.25) is 10.0 Å². The summed E-state index contributed by atoms with van der Waals surface area (Å²) in [7, 11) is -2.53. The van der Waals surface area contributed by atoms with Crippen LogP contribution in [0.2, 0.25) is 0 Å². The maximum Gasteiger partial charge on any atom is 0.328 e. The van der Waals surface area contributed by atoms with Crippen molar-refractivity contribution in [1.29, 1.82) is 0 Å². The average Bonchev–Trinajstić information content (AvgIpc) is 2.50. The molecule has 0 heterocycles. The molecule has 8 nitrogen and oxygen atoms in total. The molecule has 0 fully saturated rings. The number of nitrogens with one attached hydrogen (secondary N) is 2. The average molecular weight is 343 g/mol. The highest BCUT2D eigenvalue weighted by molar-refractivity contribution is 7.89. The highest BCUT2D eigenvalue weighted by atomic mass is 32.2. The second-order valence-corrected chi connectivity index (χ2v) is 6.62. The lowest BCUT2D eigenvalue weighted by Gasteiger charge is -2.22. The van der Waals surface area contributed by atoms with Gasteiger partial charge in [0.25, 0.3) is 0 Å². The van der Waals surface area contributed by atoms with Crippen LogP contribution >= 0.6 is 0 Å². The van der Waals surface area contributed by atoms with E-state index in [4.69, 9.17) is 5.14 Å². The lowest BCUT2D eigenvalue weighted by atomic mass is 9.99. The summed E-state index contributed by atoms with van der Waals surface area (Å²) in [6.07, 6.45) is 0.684. The monoisotopic (exact) mass is 343 g/mol. The molecule has 1 aromatic rings. The number of sulfonamides is 1. The summed E-state index contributed by atoms with van der Waals surface area (Å²) in [5.41, 5.74) is 0.364. The quantitative estimate of drug-likeness (QED) is 0.665. The predicted molar refractivity (Wildman–Crippen MR) is 85.2 cm³/mol. The van der Waals surface area contributed by atoms with Crippen molar-refractivity contribution in [3.63, 3.8) is 0 Å². The van der Waals surface area contributed by atoms with E-state index in [1.807, 2.05) is 13.8 Å². The van der Waals surface area contributed by atoms with Gasteiger partial charge in [-0.1, -0.05) is 20.3 Å². The number of primary sulfonamides is 1. The highest BCUT2D eigenvalue weighted by Crippen LogP contribution is 2.13. The van der Waals surface area contributed by atoms with Crippen LogP contribution in [0.4, 0.5) is 10.5 Å². The summed E-state index contributed by atoms with van der Waals surface area (Å²) in [5, 5.41) is 10.1. The van der Waals surface area contributed by atoms with Crippen molar-refractivity contribution in [3.8, 4) is 0 Å². The first-order valence-corrected chi connectivity index (χ1v) is 8.51. The number of benzene rings is 1. The molecular formula is C14H21N3O5S. The minimum Gasteiger partial charge on any atom is -0.467 e. The Morgan fingerprint density at radius 3 is 2.26 bits per heavy atom. The van der Waals surface area contributed by atoms with Crippen LogP contribution in [0.1, 0.15) is 20.3 Å². The van der Waals surface area contributed by atoms with Gasteiger partial charge in [-0.25, -0.2) is 23.1 Å². The minimum atomic E-state index is -3.79. The molecule has 2 atom stereocenters. The summed E-state index contributed by atoms with van der Waals surface area (Å²) < 4.78 is 27.0.